The molecule has 3 aromatic rings. The lowest BCUT2D eigenvalue weighted by Gasteiger charge is -2.12. The minimum absolute atomic E-state index is 0.0359. The van der Waals surface area contributed by atoms with Gasteiger partial charge in [0.15, 0.2) is 5.75 Å². The van der Waals surface area contributed by atoms with E-state index in [0.717, 1.165) is 10.2 Å². The molecular formula is C21H19ClFN3O2. The van der Waals surface area contributed by atoms with Crippen LogP contribution in [0.3, 0.4) is 0 Å². The minimum atomic E-state index is -0.594. The zero-order valence-electron chi connectivity index (χ0n) is 15.2. The summed E-state index contributed by atoms with van der Waals surface area (Å²) < 4.78 is 14.9. The number of hydrogen-bond acceptors (Lipinski definition) is 4. The molecule has 28 heavy (non-hydrogen) atoms. The second-order valence-electron chi connectivity index (χ2n) is 6.27. The van der Waals surface area contributed by atoms with Crippen molar-refractivity contribution in [3.8, 4) is 17.0 Å². The SMILES string of the molecule is Cc1c(-c2ccc(F)c(CN)c2)nn(CC=Cc2ccc(Cl)cc2)c(=O)c1O. The molecule has 0 unspecified atom stereocenters. The minimum Gasteiger partial charge on any atom is -0.503 e. The zero-order valence-corrected chi connectivity index (χ0v) is 15.9. The van der Waals surface area contributed by atoms with Gasteiger partial charge in [-0.15, -0.1) is 0 Å². The smallest absolute Gasteiger partial charge is 0.309 e. The van der Waals surface area contributed by atoms with Crippen LogP contribution >= 0.6 is 11.6 Å². The van der Waals surface area contributed by atoms with Gasteiger partial charge in [0.2, 0.25) is 0 Å². The van der Waals surface area contributed by atoms with Crippen molar-refractivity contribution in [2.45, 2.75) is 20.0 Å². The van der Waals surface area contributed by atoms with E-state index in [0.29, 0.717) is 27.4 Å². The second kappa shape index (κ2) is 8.37. The highest BCUT2D eigenvalue weighted by Crippen LogP contribution is 2.26. The molecule has 0 bridgehead atoms. The fourth-order valence-electron chi connectivity index (χ4n) is 2.77. The highest BCUT2D eigenvalue weighted by atomic mass is 35.5. The number of allylic oxidation sites excluding steroid dienone is 1. The summed E-state index contributed by atoms with van der Waals surface area (Å²) in [5, 5.41) is 15.2. The van der Waals surface area contributed by atoms with Gasteiger partial charge in [-0.05, 0) is 42.8 Å². The molecule has 0 fully saturated rings. The van der Waals surface area contributed by atoms with Crippen LogP contribution in [0.2, 0.25) is 5.02 Å². The molecule has 1 heterocycles. The van der Waals surface area contributed by atoms with Crippen molar-refractivity contribution >= 4 is 17.7 Å². The summed E-state index contributed by atoms with van der Waals surface area (Å²) in [5.41, 5.74) is 7.52. The molecule has 0 amide bonds. The average molecular weight is 400 g/mol. The summed E-state index contributed by atoms with van der Waals surface area (Å²) in [6.07, 6.45) is 3.58. The van der Waals surface area contributed by atoms with E-state index in [2.05, 4.69) is 5.10 Å². The summed E-state index contributed by atoms with van der Waals surface area (Å²) in [4.78, 5) is 12.4. The third-order valence-corrected chi connectivity index (χ3v) is 4.62. The van der Waals surface area contributed by atoms with Crippen molar-refractivity contribution in [3.05, 3.63) is 86.4 Å². The van der Waals surface area contributed by atoms with Gasteiger partial charge in [-0.2, -0.15) is 5.10 Å². The van der Waals surface area contributed by atoms with Gasteiger partial charge in [0.05, 0.1) is 12.2 Å². The summed E-state index contributed by atoms with van der Waals surface area (Å²) in [6.45, 7) is 1.79. The molecule has 1 aromatic heterocycles. The van der Waals surface area contributed by atoms with Crippen molar-refractivity contribution in [2.75, 3.05) is 0 Å². The molecule has 0 radical (unpaired) electrons. The van der Waals surface area contributed by atoms with Gasteiger partial charge in [-0.3, -0.25) is 4.79 Å². The lowest BCUT2D eigenvalue weighted by molar-refractivity contribution is 0.447. The molecule has 144 valence electrons. The van der Waals surface area contributed by atoms with Gasteiger partial charge < -0.3 is 10.8 Å². The molecule has 3 N–H and O–H groups in total. The molecule has 0 spiro atoms. The van der Waals surface area contributed by atoms with E-state index in [1.165, 1.54) is 6.07 Å². The molecule has 2 aromatic carbocycles. The topological polar surface area (TPSA) is 81.1 Å². The number of hydrogen-bond donors (Lipinski definition) is 2. The molecule has 0 aliphatic rings. The molecular weight excluding hydrogens is 381 g/mol. The Labute approximate surface area is 166 Å². The quantitative estimate of drug-likeness (QED) is 0.682. The molecule has 0 saturated heterocycles. The summed E-state index contributed by atoms with van der Waals surface area (Å²) in [6, 6.07) is 11.6. The Bertz CT molecular complexity index is 1090. The number of benzene rings is 2. The van der Waals surface area contributed by atoms with Crippen molar-refractivity contribution in [2.24, 2.45) is 5.73 Å². The molecule has 0 aliphatic carbocycles. The van der Waals surface area contributed by atoms with E-state index < -0.39 is 11.4 Å². The monoisotopic (exact) mass is 399 g/mol. The van der Waals surface area contributed by atoms with Crippen LogP contribution in [0.15, 0.2) is 53.3 Å². The maximum atomic E-state index is 13.7. The first-order chi connectivity index (χ1) is 13.4. The van der Waals surface area contributed by atoms with Crippen molar-refractivity contribution < 1.29 is 9.50 Å². The number of rotatable bonds is 5. The second-order valence-corrected chi connectivity index (χ2v) is 6.71. The fourth-order valence-corrected chi connectivity index (χ4v) is 2.90. The number of aromatic hydroxyl groups is 1. The Morgan fingerprint density at radius 1 is 1.25 bits per heavy atom. The van der Waals surface area contributed by atoms with E-state index in [1.54, 1.807) is 37.3 Å². The highest BCUT2D eigenvalue weighted by molar-refractivity contribution is 6.30. The number of nitrogens with two attached hydrogens (primary N) is 1. The van der Waals surface area contributed by atoms with Gasteiger partial charge >= 0.3 is 5.56 Å². The number of aromatic nitrogens is 2. The standard InChI is InChI=1S/C21H19ClFN3O2/c1-13-19(15-6-9-18(23)16(11-15)12-24)25-26(21(28)20(13)27)10-2-3-14-4-7-17(22)8-5-14/h2-9,11,27H,10,12,24H2,1H3. The Morgan fingerprint density at radius 2 is 1.96 bits per heavy atom. The van der Waals surface area contributed by atoms with Crippen LogP contribution in [-0.4, -0.2) is 14.9 Å². The first-order valence-electron chi connectivity index (χ1n) is 8.62. The number of nitrogens with zero attached hydrogens (tertiary/aromatic N) is 2. The van der Waals surface area contributed by atoms with E-state index in [4.69, 9.17) is 17.3 Å². The molecule has 0 aliphatic heterocycles. The molecule has 0 saturated carbocycles. The maximum Gasteiger partial charge on any atom is 0.309 e. The zero-order chi connectivity index (χ0) is 20.3. The van der Waals surface area contributed by atoms with Gasteiger partial charge in [-0.25, -0.2) is 9.07 Å². The number of halogens is 2. The summed E-state index contributed by atoms with van der Waals surface area (Å²) in [5.74, 6) is -0.795. The van der Waals surface area contributed by atoms with Gasteiger partial charge in [0.1, 0.15) is 5.82 Å². The lowest BCUT2D eigenvalue weighted by atomic mass is 10.0. The molecule has 5 nitrogen and oxygen atoms in total. The molecule has 0 atom stereocenters. The first kappa shape index (κ1) is 19.8. The maximum absolute atomic E-state index is 13.7. The van der Waals surface area contributed by atoms with Crippen LogP contribution in [0.1, 0.15) is 16.7 Å². The Balaban J connectivity index is 1.96. The van der Waals surface area contributed by atoms with Crippen LogP contribution in [0.4, 0.5) is 4.39 Å². The Morgan fingerprint density at radius 3 is 2.64 bits per heavy atom. The van der Waals surface area contributed by atoms with Crippen molar-refractivity contribution in [3.63, 3.8) is 0 Å². The predicted octanol–water partition coefficient (Wildman–Crippen LogP) is 3.89. The fraction of sp³-hybridized carbons (Fsp3) is 0.143. The van der Waals surface area contributed by atoms with Crippen LogP contribution < -0.4 is 11.3 Å². The lowest BCUT2D eigenvalue weighted by Crippen LogP contribution is -2.23. The van der Waals surface area contributed by atoms with Crippen LogP contribution in [0.5, 0.6) is 5.75 Å². The molecule has 7 heteroatoms. The van der Waals surface area contributed by atoms with Gasteiger partial charge in [0, 0.05) is 28.3 Å². The van der Waals surface area contributed by atoms with Crippen LogP contribution in [-0.2, 0) is 13.1 Å². The Kier molecular flexibility index (Phi) is 5.92. The van der Waals surface area contributed by atoms with Gasteiger partial charge in [0.25, 0.3) is 0 Å². The van der Waals surface area contributed by atoms with E-state index in [1.807, 2.05) is 18.2 Å². The first-order valence-corrected chi connectivity index (χ1v) is 9.00. The predicted molar refractivity (Wildman–Crippen MR) is 109 cm³/mol. The van der Waals surface area contributed by atoms with Crippen molar-refractivity contribution in [1.82, 2.24) is 9.78 Å². The van der Waals surface area contributed by atoms with Crippen LogP contribution in [0, 0.1) is 12.7 Å². The molecule has 3 rings (SSSR count). The third-order valence-electron chi connectivity index (χ3n) is 4.37. The van der Waals surface area contributed by atoms with Crippen LogP contribution in [0.25, 0.3) is 17.3 Å². The van der Waals surface area contributed by atoms with E-state index in [-0.39, 0.29) is 18.8 Å². The van der Waals surface area contributed by atoms with Gasteiger partial charge in [-0.1, -0.05) is 35.9 Å². The Hall–Kier alpha value is -2.96. The normalized spacial score (nSPS) is 11.3. The van der Waals surface area contributed by atoms with Crippen molar-refractivity contribution in [1.29, 1.82) is 0 Å². The summed E-state index contributed by atoms with van der Waals surface area (Å²) >= 11 is 5.86. The highest BCUT2D eigenvalue weighted by Gasteiger charge is 2.15. The van der Waals surface area contributed by atoms with E-state index in [9.17, 15) is 14.3 Å². The largest absolute Gasteiger partial charge is 0.503 e. The average Bonchev–Trinajstić information content (AvgIpc) is 2.70. The third kappa shape index (κ3) is 4.13. The summed E-state index contributed by atoms with van der Waals surface area (Å²) in [7, 11) is 0. The van der Waals surface area contributed by atoms with E-state index >= 15 is 0 Å².